The van der Waals surface area contributed by atoms with Gasteiger partial charge in [-0.25, -0.2) is 10.2 Å². The summed E-state index contributed by atoms with van der Waals surface area (Å²) in [6, 6.07) is 20.3. The molecule has 140 valence electrons. The number of ether oxygens (including phenoxy) is 1. The second-order valence-electron chi connectivity index (χ2n) is 5.65. The summed E-state index contributed by atoms with van der Waals surface area (Å²) in [5.41, 5.74) is 3.87. The van der Waals surface area contributed by atoms with Crippen molar-refractivity contribution < 1.29 is 14.3 Å². The first-order chi connectivity index (χ1) is 13.5. The number of hydrogen-bond donors (Lipinski definition) is 1. The van der Waals surface area contributed by atoms with E-state index in [0.717, 1.165) is 4.47 Å². The van der Waals surface area contributed by atoms with Gasteiger partial charge in [0.2, 0.25) is 0 Å². The van der Waals surface area contributed by atoms with Crippen molar-refractivity contribution in [3.05, 3.63) is 99.0 Å². The fraction of sp³-hybridized carbons (Fsp3) is 0. The lowest BCUT2D eigenvalue weighted by Gasteiger charge is -2.06. The Balaban J connectivity index is 1.63. The van der Waals surface area contributed by atoms with E-state index in [1.807, 2.05) is 0 Å². The van der Waals surface area contributed by atoms with Gasteiger partial charge in [0.25, 0.3) is 5.91 Å². The van der Waals surface area contributed by atoms with Gasteiger partial charge >= 0.3 is 5.97 Å². The quantitative estimate of drug-likeness (QED) is 0.251. The van der Waals surface area contributed by atoms with Crippen LogP contribution < -0.4 is 10.2 Å². The lowest BCUT2D eigenvalue weighted by molar-refractivity contribution is 0.0734. The molecule has 1 N–H and O–H groups in total. The monoisotopic (exact) mass is 456 g/mol. The maximum absolute atomic E-state index is 12.2. The predicted octanol–water partition coefficient (Wildman–Crippen LogP) is 5.09. The Morgan fingerprint density at radius 2 is 1.75 bits per heavy atom. The van der Waals surface area contributed by atoms with Crippen molar-refractivity contribution in [3.63, 3.8) is 0 Å². The molecule has 0 unspecified atom stereocenters. The van der Waals surface area contributed by atoms with Gasteiger partial charge in [-0.1, -0.05) is 51.8 Å². The Kier molecular flexibility index (Phi) is 6.57. The third kappa shape index (κ3) is 5.28. The molecule has 0 fully saturated rings. The Morgan fingerprint density at radius 3 is 2.50 bits per heavy atom. The van der Waals surface area contributed by atoms with Gasteiger partial charge < -0.3 is 4.74 Å². The fourth-order valence-electron chi connectivity index (χ4n) is 2.28. The molecule has 7 heteroatoms. The van der Waals surface area contributed by atoms with Crippen LogP contribution in [0.2, 0.25) is 5.02 Å². The number of nitrogens with zero attached hydrogens (tertiary/aromatic N) is 1. The number of benzene rings is 3. The first-order valence-electron chi connectivity index (χ1n) is 8.19. The highest BCUT2D eigenvalue weighted by molar-refractivity contribution is 9.10. The molecule has 0 saturated heterocycles. The molecule has 0 saturated carbocycles. The molecule has 0 aromatic heterocycles. The van der Waals surface area contributed by atoms with Gasteiger partial charge in [-0.05, 0) is 54.1 Å². The number of amides is 1. The number of carbonyl (C=O) groups is 2. The van der Waals surface area contributed by atoms with Crippen LogP contribution in [0.3, 0.4) is 0 Å². The molecule has 0 atom stereocenters. The van der Waals surface area contributed by atoms with Gasteiger partial charge in [0.1, 0.15) is 5.75 Å². The molecule has 3 aromatic carbocycles. The standard InChI is InChI=1S/C21H14BrClN2O3/c22-16-10-8-15(9-11-16)20(26)25-24-13-14-4-3-5-17(12-14)28-21(27)18-6-1-2-7-19(18)23/h1-13H,(H,25,26). The molecule has 28 heavy (non-hydrogen) atoms. The fourth-order valence-corrected chi connectivity index (χ4v) is 2.76. The highest BCUT2D eigenvalue weighted by atomic mass is 79.9. The average molecular weight is 458 g/mol. The molecule has 0 aliphatic rings. The maximum atomic E-state index is 12.2. The molecule has 0 aliphatic heterocycles. The molecule has 0 aliphatic carbocycles. The number of carbonyl (C=O) groups excluding carboxylic acids is 2. The summed E-state index contributed by atoms with van der Waals surface area (Å²) in [5, 5.41) is 4.26. The van der Waals surface area contributed by atoms with Gasteiger partial charge in [0.15, 0.2) is 0 Å². The number of nitrogens with one attached hydrogen (secondary N) is 1. The summed E-state index contributed by atoms with van der Waals surface area (Å²) in [5.74, 6) is -0.540. The molecule has 5 nitrogen and oxygen atoms in total. The second kappa shape index (κ2) is 9.30. The molecule has 1 amide bonds. The van der Waals surface area contributed by atoms with Gasteiger partial charge in [-0.3, -0.25) is 4.79 Å². The molecule has 0 spiro atoms. The van der Waals surface area contributed by atoms with Crippen molar-refractivity contribution in [3.8, 4) is 5.75 Å². The lowest BCUT2D eigenvalue weighted by atomic mass is 10.2. The van der Waals surface area contributed by atoms with E-state index in [2.05, 4.69) is 26.5 Å². The first-order valence-corrected chi connectivity index (χ1v) is 9.36. The van der Waals surface area contributed by atoms with Crippen molar-refractivity contribution in [2.75, 3.05) is 0 Å². The third-order valence-corrected chi connectivity index (χ3v) is 4.51. The minimum Gasteiger partial charge on any atom is -0.423 e. The zero-order chi connectivity index (χ0) is 19.9. The average Bonchev–Trinajstić information content (AvgIpc) is 2.69. The zero-order valence-corrected chi connectivity index (χ0v) is 16.8. The molecule has 0 heterocycles. The normalized spacial score (nSPS) is 10.6. The van der Waals surface area contributed by atoms with Crippen LogP contribution in [-0.2, 0) is 0 Å². The van der Waals surface area contributed by atoms with Crippen LogP contribution in [0.4, 0.5) is 0 Å². The Bertz CT molecular complexity index is 1040. The van der Waals surface area contributed by atoms with E-state index in [4.69, 9.17) is 16.3 Å². The Hall–Kier alpha value is -2.96. The van der Waals surface area contributed by atoms with Crippen molar-refractivity contribution >= 4 is 45.6 Å². The van der Waals surface area contributed by atoms with Crippen LogP contribution >= 0.6 is 27.5 Å². The summed E-state index contributed by atoms with van der Waals surface area (Å²) in [6.07, 6.45) is 1.46. The number of halogens is 2. The summed E-state index contributed by atoms with van der Waals surface area (Å²) in [4.78, 5) is 24.3. The lowest BCUT2D eigenvalue weighted by Crippen LogP contribution is -2.17. The number of esters is 1. The third-order valence-electron chi connectivity index (χ3n) is 3.65. The summed E-state index contributed by atoms with van der Waals surface area (Å²) in [7, 11) is 0. The van der Waals surface area contributed by atoms with Gasteiger partial charge in [0.05, 0.1) is 16.8 Å². The van der Waals surface area contributed by atoms with E-state index in [1.165, 1.54) is 6.21 Å². The van der Waals surface area contributed by atoms with E-state index in [-0.39, 0.29) is 11.5 Å². The highest BCUT2D eigenvalue weighted by Crippen LogP contribution is 2.19. The van der Waals surface area contributed by atoms with Crippen molar-refractivity contribution in [1.29, 1.82) is 0 Å². The SMILES string of the molecule is O=C(NN=Cc1cccc(OC(=O)c2ccccc2Cl)c1)c1ccc(Br)cc1. The van der Waals surface area contributed by atoms with Crippen molar-refractivity contribution in [2.45, 2.75) is 0 Å². The largest absolute Gasteiger partial charge is 0.423 e. The van der Waals surface area contributed by atoms with Crippen LogP contribution in [0.15, 0.2) is 82.4 Å². The van der Waals surface area contributed by atoms with Crippen LogP contribution in [0, 0.1) is 0 Å². The molecule has 3 aromatic rings. The minimum atomic E-state index is -0.553. The van der Waals surface area contributed by atoms with Crippen LogP contribution in [0.25, 0.3) is 0 Å². The van der Waals surface area contributed by atoms with Gasteiger partial charge in [-0.15, -0.1) is 0 Å². The number of hydrazone groups is 1. The highest BCUT2D eigenvalue weighted by Gasteiger charge is 2.12. The summed E-state index contributed by atoms with van der Waals surface area (Å²) >= 11 is 9.32. The Morgan fingerprint density at radius 1 is 1.00 bits per heavy atom. The van der Waals surface area contributed by atoms with E-state index >= 15 is 0 Å². The molecule has 0 radical (unpaired) electrons. The molecular formula is C21H14BrClN2O3. The van der Waals surface area contributed by atoms with Crippen molar-refractivity contribution in [2.24, 2.45) is 5.10 Å². The van der Waals surface area contributed by atoms with Gasteiger partial charge in [0, 0.05) is 10.0 Å². The summed E-state index contributed by atoms with van der Waals surface area (Å²) < 4.78 is 6.24. The van der Waals surface area contributed by atoms with Crippen molar-refractivity contribution in [1.82, 2.24) is 5.43 Å². The molecule has 3 rings (SSSR count). The number of rotatable bonds is 5. The Labute approximate surface area is 175 Å². The van der Waals surface area contributed by atoms with Crippen LogP contribution in [0.5, 0.6) is 5.75 Å². The van der Waals surface area contributed by atoms with Gasteiger partial charge in [-0.2, -0.15) is 5.10 Å². The maximum Gasteiger partial charge on any atom is 0.345 e. The second-order valence-corrected chi connectivity index (χ2v) is 6.97. The predicted molar refractivity (Wildman–Crippen MR) is 112 cm³/mol. The van der Waals surface area contributed by atoms with Crippen LogP contribution in [-0.4, -0.2) is 18.1 Å². The topological polar surface area (TPSA) is 67.8 Å². The summed E-state index contributed by atoms with van der Waals surface area (Å²) in [6.45, 7) is 0. The smallest absolute Gasteiger partial charge is 0.345 e. The van der Waals surface area contributed by atoms with E-state index < -0.39 is 5.97 Å². The minimum absolute atomic E-state index is 0.282. The number of hydrogen-bond acceptors (Lipinski definition) is 4. The molecular weight excluding hydrogens is 444 g/mol. The first kappa shape index (κ1) is 19.8. The van der Waals surface area contributed by atoms with E-state index in [0.29, 0.717) is 21.9 Å². The zero-order valence-electron chi connectivity index (χ0n) is 14.4. The van der Waals surface area contributed by atoms with E-state index in [9.17, 15) is 9.59 Å². The van der Waals surface area contributed by atoms with E-state index in [1.54, 1.807) is 72.8 Å². The van der Waals surface area contributed by atoms with Crippen LogP contribution in [0.1, 0.15) is 26.3 Å². The molecule has 0 bridgehead atoms.